The number of terminal acetylenes is 1. The minimum Gasteiger partial charge on any atom is -0.432 e. The van der Waals surface area contributed by atoms with Crippen molar-refractivity contribution in [3.8, 4) is 18.1 Å². The van der Waals surface area contributed by atoms with Crippen molar-refractivity contribution in [3.63, 3.8) is 0 Å². The molecule has 3 rings (SSSR count). The second kappa shape index (κ2) is 11.5. The van der Waals surface area contributed by atoms with E-state index in [9.17, 15) is 22.8 Å². The van der Waals surface area contributed by atoms with E-state index in [0.29, 0.717) is 44.0 Å². The van der Waals surface area contributed by atoms with Gasteiger partial charge in [-0.3, -0.25) is 14.6 Å². The fourth-order valence-corrected chi connectivity index (χ4v) is 3.60. The molecule has 1 aromatic carbocycles. The summed E-state index contributed by atoms with van der Waals surface area (Å²) in [4.78, 5) is 28.3. The van der Waals surface area contributed by atoms with Crippen LogP contribution in [0.4, 0.5) is 13.2 Å². The first-order chi connectivity index (χ1) is 15.9. The van der Waals surface area contributed by atoms with Gasteiger partial charge in [0.25, 0.3) is 5.91 Å². The molecule has 0 radical (unpaired) electrons. The van der Waals surface area contributed by atoms with E-state index in [2.05, 4.69) is 26.3 Å². The molecule has 0 bridgehead atoms. The highest BCUT2D eigenvalue weighted by Gasteiger charge is 2.24. The number of halogens is 3. The highest BCUT2D eigenvalue weighted by molar-refractivity contribution is 5.97. The molecule has 2 aromatic rings. The Labute approximate surface area is 189 Å². The zero-order valence-corrected chi connectivity index (χ0v) is 17.8. The molecule has 1 aliphatic carbocycles. The number of benzene rings is 1. The number of amides is 2. The van der Waals surface area contributed by atoms with E-state index in [1.165, 1.54) is 12.3 Å². The Kier molecular flexibility index (Phi) is 8.49. The molecule has 1 fully saturated rings. The number of carbonyl (C=O) groups excluding carboxylic acids is 2. The number of nitrogens with one attached hydrogen (secondary N) is 2. The van der Waals surface area contributed by atoms with E-state index in [1.54, 1.807) is 0 Å². The lowest BCUT2D eigenvalue weighted by Crippen LogP contribution is -2.40. The number of carbonyl (C=O) groups is 2. The van der Waals surface area contributed by atoms with Gasteiger partial charge in [-0.2, -0.15) is 8.78 Å². The molecule has 0 spiro atoms. The van der Waals surface area contributed by atoms with Gasteiger partial charge in [-0.1, -0.05) is 0 Å². The predicted octanol–water partition coefficient (Wildman–Crippen LogP) is 3.17. The molecule has 33 heavy (non-hydrogen) atoms. The lowest BCUT2D eigenvalue weighted by atomic mass is 9.92. The molecular formula is C23H24F3N3O4. The molecule has 7 nitrogen and oxygen atoms in total. The Morgan fingerprint density at radius 2 is 1.97 bits per heavy atom. The Morgan fingerprint density at radius 3 is 2.67 bits per heavy atom. The number of alkyl halides is 2. The largest absolute Gasteiger partial charge is 0.432 e. The van der Waals surface area contributed by atoms with Gasteiger partial charge in [0.05, 0.1) is 17.2 Å². The third-order valence-corrected chi connectivity index (χ3v) is 5.26. The molecular weight excluding hydrogens is 439 g/mol. The molecule has 0 aliphatic heterocycles. The summed E-state index contributed by atoms with van der Waals surface area (Å²) in [6.07, 6.45) is 9.58. The molecule has 1 heterocycles. The van der Waals surface area contributed by atoms with E-state index >= 15 is 0 Å². The molecule has 10 heteroatoms. The topological polar surface area (TPSA) is 89.6 Å². The molecule has 0 saturated heterocycles. The van der Waals surface area contributed by atoms with Gasteiger partial charge >= 0.3 is 6.61 Å². The first-order valence-corrected chi connectivity index (χ1v) is 10.5. The van der Waals surface area contributed by atoms with Gasteiger partial charge in [0, 0.05) is 36.7 Å². The normalized spacial score (nSPS) is 18.0. The van der Waals surface area contributed by atoms with Gasteiger partial charge < -0.3 is 20.1 Å². The van der Waals surface area contributed by atoms with Crippen LogP contribution in [0.2, 0.25) is 0 Å². The minimum atomic E-state index is -3.15. The number of hydrogen-bond acceptors (Lipinski definition) is 5. The predicted molar refractivity (Wildman–Crippen MR) is 114 cm³/mol. The van der Waals surface area contributed by atoms with E-state index < -0.39 is 18.2 Å². The second-order valence-electron chi connectivity index (χ2n) is 7.64. The van der Waals surface area contributed by atoms with Gasteiger partial charge in [-0.15, -0.1) is 12.3 Å². The number of rotatable bonds is 9. The van der Waals surface area contributed by atoms with Crippen molar-refractivity contribution >= 4 is 22.7 Å². The van der Waals surface area contributed by atoms with Crippen molar-refractivity contribution in [3.05, 3.63) is 35.8 Å². The number of ether oxygens (including phenoxy) is 2. The second-order valence-corrected chi connectivity index (χ2v) is 7.64. The number of pyridine rings is 1. The van der Waals surface area contributed by atoms with Crippen molar-refractivity contribution in [2.24, 2.45) is 0 Å². The standard InChI is InChI=1S/C23H24F3N3O4/c1-2-3-8-27-21(30)13-32-17-6-4-16(5-7-17)29-22(31)15-9-14-10-18(24)20(33-23(25)26)11-19(14)28-12-15/h1,9-12,16-17,23H,3-8,13H2,(H,27,30)(H,29,31). The molecule has 0 unspecified atom stereocenters. The van der Waals surface area contributed by atoms with Crippen LogP contribution in [0, 0.1) is 18.2 Å². The van der Waals surface area contributed by atoms with Crippen molar-refractivity contribution in [1.29, 1.82) is 0 Å². The van der Waals surface area contributed by atoms with Crippen LogP contribution >= 0.6 is 0 Å². The summed E-state index contributed by atoms with van der Waals surface area (Å²) < 4.78 is 48.5. The van der Waals surface area contributed by atoms with Crippen molar-refractivity contribution < 1.29 is 32.2 Å². The van der Waals surface area contributed by atoms with Crippen molar-refractivity contribution in [2.75, 3.05) is 13.2 Å². The summed E-state index contributed by atoms with van der Waals surface area (Å²) in [5.41, 5.74) is 0.455. The maximum Gasteiger partial charge on any atom is 0.387 e. The molecule has 1 aromatic heterocycles. The average molecular weight is 463 g/mol. The van der Waals surface area contributed by atoms with Crippen LogP contribution in [-0.4, -0.2) is 48.7 Å². The van der Waals surface area contributed by atoms with Gasteiger partial charge in [0.15, 0.2) is 11.6 Å². The SMILES string of the molecule is C#CCCNC(=O)COC1CCC(NC(=O)c2cnc3cc(OC(F)F)c(F)cc3c2)CC1. The molecule has 2 amide bonds. The van der Waals surface area contributed by atoms with Crippen molar-refractivity contribution in [1.82, 2.24) is 15.6 Å². The summed E-state index contributed by atoms with van der Waals surface area (Å²) >= 11 is 0. The summed E-state index contributed by atoms with van der Waals surface area (Å²) in [6.45, 7) is -2.77. The molecule has 1 saturated carbocycles. The van der Waals surface area contributed by atoms with E-state index in [4.69, 9.17) is 11.2 Å². The van der Waals surface area contributed by atoms with Crippen LogP contribution in [0.5, 0.6) is 5.75 Å². The Hall–Kier alpha value is -3.32. The Morgan fingerprint density at radius 1 is 1.21 bits per heavy atom. The third-order valence-electron chi connectivity index (χ3n) is 5.26. The maximum atomic E-state index is 14.0. The van der Waals surface area contributed by atoms with E-state index in [-0.39, 0.29) is 41.6 Å². The molecule has 176 valence electrons. The van der Waals surface area contributed by atoms with Crippen LogP contribution in [-0.2, 0) is 9.53 Å². The minimum absolute atomic E-state index is 0.0321. The lowest BCUT2D eigenvalue weighted by Gasteiger charge is -2.29. The molecule has 1 aliphatic rings. The highest BCUT2D eigenvalue weighted by atomic mass is 19.3. The zero-order chi connectivity index (χ0) is 23.8. The van der Waals surface area contributed by atoms with Crippen LogP contribution in [0.3, 0.4) is 0 Å². The number of fused-ring (bicyclic) bond motifs is 1. The summed E-state index contributed by atoms with van der Waals surface area (Å²) in [5, 5.41) is 5.88. The zero-order valence-electron chi connectivity index (χ0n) is 17.8. The summed E-state index contributed by atoms with van der Waals surface area (Å²) in [6, 6.07) is 3.44. The van der Waals surface area contributed by atoms with Crippen molar-refractivity contribution in [2.45, 2.75) is 50.9 Å². The van der Waals surface area contributed by atoms with Gasteiger partial charge in [0.1, 0.15) is 6.61 Å². The first-order valence-electron chi connectivity index (χ1n) is 10.5. The van der Waals surface area contributed by atoms with Crippen LogP contribution < -0.4 is 15.4 Å². The fourth-order valence-electron chi connectivity index (χ4n) is 3.60. The van der Waals surface area contributed by atoms with E-state index in [1.807, 2.05) is 0 Å². The maximum absolute atomic E-state index is 14.0. The summed E-state index contributed by atoms with van der Waals surface area (Å²) in [5.74, 6) is 0.287. The number of nitrogens with zero attached hydrogens (tertiary/aromatic N) is 1. The molecule has 2 N–H and O–H groups in total. The summed E-state index contributed by atoms with van der Waals surface area (Å²) in [7, 11) is 0. The third kappa shape index (κ3) is 7.08. The quantitative estimate of drug-likeness (QED) is 0.441. The van der Waals surface area contributed by atoms with Crippen LogP contribution in [0.25, 0.3) is 10.9 Å². The highest BCUT2D eigenvalue weighted by Crippen LogP contribution is 2.26. The van der Waals surface area contributed by atoms with Gasteiger partial charge in [-0.05, 0) is 37.8 Å². The number of aromatic nitrogens is 1. The fraction of sp³-hybridized carbons (Fsp3) is 0.435. The van der Waals surface area contributed by atoms with Gasteiger partial charge in [-0.25, -0.2) is 4.39 Å². The Bertz CT molecular complexity index is 1030. The van der Waals surface area contributed by atoms with E-state index in [0.717, 1.165) is 12.1 Å². The van der Waals surface area contributed by atoms with Crippen LogP contribution in [0.1, 0.15) is 42.5 Å². The molecule has 0 atom stereocenters. The van der Waals surface area contributed by atoms with Crippen LogP contribution in [0.15, 0.2) is 24.4 Å². The average Bonchev–Trinajstić information content (AvgIpc) is 2.78. The first kappa shape index (κ1) is 24.3. The van der Waals surface area contributed by atoms with Gasteiger partial charge in [0.2, 0.25) is 5.91 Å². The Balaban J connectivity index is 1.49. The smallest absolute Gasteiger partial charge is 0.387 e. The number of hydrogen-bond donors (Lipinski definition) is 2. The monoisotopic (exact) mass is 463 g/mol. The lowest BCUT2D eigenvalue weighted by molar-refractivity contribution is -0.128.